The average Bonchev–Trinajstić information content (AvgIpc) is 2.13. The highest BCUT2D eigenvalue weighted by Crippen LogP contribution is 2.30. The predicted octanol–water partition coefficient (Wildman–Crippen LogP) is 1.76. The SMILES string of the molecule is CCCC1(N)CN(C(=O)C(C)(C)CC)C1. The first-order chi connectivity index (χ1) is 6.84. The second-order valence-corrected chi connectivity index (χ2v) is 5.51. The summed E-state index contributed by atoms with van der Waals surface area (Å²) in [6.07, 6.45) is 2.99. The molecule has 0 radical (unpaired) electrons. The molecule has 3 nitrogen and oxygen atoms in total. The minimum atomic E-state index is -0.229. The van der Waals surface area contributed by atoms with E-state index in [1.807, 2.05) is 18.7 Å². The van der Waals surface area contributed by atoms with Crippen LogP contribution in [-0.4, -0.2) is 29.4 Å². The van der Waals surface area contributed by atoms with E-state index in [1.165, 1.54) is 0 Å². The van der Waals surface area contributed by atoms with Gasteiger partial charge in [0, 0.05) is 18.5 Å². The first kappa shape index (κ1) is 12.5. The summed E-state index contributed by atoms with van der Waals surface area (Å²) in [6, 6.07) is 0. The van der Waals surface area contributed by atoms with Gasteiger partial charge >= 0.3 is 0 Å². The lowest BCUT2D eigenvalue weighted by Gasteiger charge is -2.50. The number of hydrogen-bond donors (Lipinski definition) is 1. The molecule has 1 fully saturated rings. The molecule has 0 aliphatic carbocycles. The molecule has 0 bridgehead atoms. The summed E-state index contributed by atoms with van der Waals surface area (Å²) in [6.45, 7) is 9.68. The van der Waals surface area contributed by atoms with Crippen molar-refractivity contribution in [3.63, 3.8) is 0 Å². The Morgan fingerprint density at radius 2 is 1.93 bits per heavy atom. The lowest BCUT2D eigenvalue weighted by atomic mass is 9.81. The second-order valence-electron chi connectivity index (χ2n) is 5.51. The summed E-state index contributed by atoms with van der Waals surface area (Å²) in [5, 5.41) is 0. The van der Waals surface area contributed by atoms with Crippen LogP contribution in [0.3, 0.4) is 0 Å². The van der Waals surface area contributed by atoms with Gasteiger partial charge in [-0.2, -0.15) is 0 Å². The number of nitrogens with zero attached hydrogens (tertiary/aromatic N) is 1. The molecule has 15 heavy (non-hydrogen) atoms. The zero-order valence-corrected chi connectivity index (χ0v) is 10.5. The van der Waals surface area contributed by atoms with Crippen LogP contribution in [0.15, 0.2) is 0 Å². The molecule has 3 heteroatoms. The van der Waals surface area contributed by atoms with Gasteiger partial charge in [-0.1, -0.05) is 34.1 Å². The maximum atomic E-state index is 12.0. The molecule has 1 aliphatic rings. The molecule has 0 atom stereocenters. The van der Waals surface area contributed by atoms with E-state index in [0.29, 0.717) is 0 Å². The van der Waals surface area contributed by atoms with Crippen molar-refractivity contribution in [3.8, 4) is 0 Å². The maximum absolute atomic E-state index is 12.0. The fourth-order valence-electron chi connectivity index (χ4n) is 2.09. The highest BCUT2D eigenvalue weighted by atomic mass is 16.2. The van der Waals surface area contributed by atoms with Crippen LogP contribution in [0.1, 0.15) is 47.0 Å². The molecule has 0 aromatic heterocycles. The normalized spacial score (nSPS) is 19.9. The smallest absolute Gasteiger partial charge is 0.228 e. The summed E-state index contributed by atoms with van der Waals surface area (Å²) < 4.78 is 0. The van der Waals surface area contributed by atoms with Crippen LogP contribution in [0.2, 0.25) is 0 Å². The zero-order valence-electron chi connectivity index (χ0n) is 10.5. The summed E-state index contributed by atoms with van der Waals surface area (Å²) in [7, 11) is 0. The van der Waals surface area contributed by atoms with Crippen LogP contribution in [0, 0.1) is 5.41 Å². The van der Waals surface area contributed by atoms with E-state index in [4.69, 9.17) is 5.73 Å². The first-order valence-corrected chi connectivity index (χ1v) is 5.93. The number of hydrogen-bond acceptors (Lipinski definition) is 2. The number of carbonyl (C=O) groups excluding carboxylic acids is 1. The van der Waals surface area contributed by atoms with Gasteiger partial charge in [-0.3, -0.25) is 4.79 Å². The van der Waals surface area contributed by atoms with Crippen molar-refractivity contribution < 1.29 is 4.79 Å². The van der Waals surface area contributed by atoms with E-state index in [-0.39, 0.29) is 16.9 Å². The molecule has 0 aromatic rings. The van der Waals surface area contributed by atoms with E-state index in [2.05, 4.69) is 13.8 Å². The van der Waals surface area contributed by atoms with Crippen LogP contribution < -0.4 is 5.73 Å². The number of likely N-dealkylation sites (tertiary alicyclic amines) is 1. The summed E-state index contributed by atoms with van der Waals surface area (Å²) in [5.41, 5.74) is 5.80. The largest absolute Gasteiger partial charge is 0.338 e. The summed E-state index contributed by atoms with van der Waals surface area (Å²) >= 11 is 0. The second kappa shape index (κ2) is 4.12. The molecular weight excluding hydrogens is 188 g/mol. The van der Waals surface area contributed by atoms with Crippen LogP contribution in [-0.2, 0) is 4.79 Å². The van der Waals surface area contributed by atoms with Crippen LogP contribution in [0.4, 0.5) is 0 Å². The van der Waals surface area contributed by atoms with Crippen LogP contribution in [0.25, 0.3) is 0 Å². The van der Waals surface area contributed by atoms with E-state index in [1.54, 1.807) is 0 Å². The van der Waals surface area contributed by atoms with Crippen molar-refractivity contribution in [1.29, 1.82) is 0 Å². The molecule has 88 valence electrons. The Morgan fingerprint density at radius 3 is 2.33 bits per heavy atom. The molecule has 1 amide bonds. The van der Waals surface area contributed by atoms with Crippen molar-refractivity contribution in [2.45, 2.75) is 52.5 Å². The van der Waals surface area contributed by atoms with E-state index in [9.17, 15) is 4.79 Å². The van der Waals surface area contributed by atoms with Gasteiger partial charge in [0.05, 0.1) is 5.54 Å². The molecule has 0 unspecified atom stereocenters. The van der Waals surface area contributed by atoms with Gasteiger partial charge in [0.2, 0.25) is 5.91 Å². The number of amides is 1. The minimum Gasteiger partial charge on any atom is -0.338 e. The Labute approximate surface area is 93.0 Å². The molecule has 2 N–H and O–H groups in total. The Kier molecular flexibility index (Phi) is 3.44. The Balaban J connectivity index is 2.48. The average molecular weight is 212 g/mol. The predicted molar refractivity (Wildman–Crippen MR) is 62.5 cm³/mol. The highest BCUT2D eigenvalue weighted by molar-refractivity contribution is 5.83. The van der Waals surface area contributed by atoms with Gasteiger partial charge < -0.3 is 10.6 Å². The topological polar surface area (TPSA) is 46.3 Å². The molecule has 0 saturated carbocycles. The van der Waals surface area contributed by atoms with Crippen molar-refractivity contribution in [1.82, 2.24) is 4.90 Å². The number of rotatable bonds is 4. The van der Waals surface area contributed by atoms with Gasteiger partial charge in [0.1, 0.15) is 0 Å². The zero-order chi connectivity index (χ0) is 11.7. The van der Waals surface area contributed by atoms with Gasteiger partial charge in [-0.25, -0.2) is 0 Å². The van der Waals surface area contributed by atoms with Crippen LogP contribution in [0.5, 0.6) is 0 Å². The van der Waals surface area contributed by atoms with Gasteiger partial charge in [0.15, 0.2) is 0 Å². The minimum absolute atomic E-state index is 0.103. The Morgan fingerprint density at radius 1 is 1.40 bits per heavy atom. The van der Waals surface area contributed by atoms with Gasteiger partial charge in [0.25, 0.3) is 0 Å². The van der Waals surface area contributed by atoms with E-state index in [0.717, 1.165) is 32.4 Å². The van der Waals surface area contributed by atoms with E-state index < -0.39 is 0 Å². The van der Waals surface area contributed by atoms with Crippen molar-refractivity contribution in [2.24, 2.45) is 11.1 Å². The molecule has 0 spiro atoms. The molecule has 1 heterocycles. The van der Waals surface area contributed by atoms with Crippen molar-refractivity contribution in [3.05, 3.63) is 0 Å². The highest BCUT2D eigenvalue weighted by Gasteiger charge is 2.44. The van der Waals surface area contributed by atoms with Crippen molar-refractivity contribution >= 4 is 5.91 Å². The number of nitrogens with two attached hydrogens (primary N) is 1. The van der Waals surface area contributed by atoms with Crippen molar-refractivity contribution in [2.75, 3.05) is 13.1 Å². The molecule has 1 rings (SSSR count). The third-order valence-corrected chi connectivity index (χ3v) is 3.51. The molecule has 0 aromatic carbocycles. The molecule has 1 aliphatic heterocycles. The fraction of sp³-hybridized carbons (Fsp3) is 0.917. The van der Waals surface area contributed by atoms with Gasteiger partial charge in [-0.05, 0) is 12.8 Å². The lowest BCUT2D eigenvalue weighted by Crippen LogP contribution is -2.69. The Hall–Kier alpha value is -0.570. The van der Waals surface area contributed by atoms with E-state index >= 15 is 0 Å². The Bertz CT molecular complexity index is 242. The number of carbonyl (C=O) groups is 1. The summed E-state index contributed by atoms with van der Waals surface area (Å²) in [4.78, 5) is 13.9. The molecule has 1 saturated heterocycles. The quantitative estimate of drug-likeness (QED) is 0.772. The third-order valence-electron chi connectivity index (χ3n) is 3.51. The maximum Gasteiger partial charge on any atom is 0.228 e. The van der Waals surface area contributed by atoms with Gasteiger partial charge in [-0.15, -0.1) is 0 Å². The third kappa shape index (κ3) is 2.51. The monoisotopic (exact) mass is 212 g/mol. The standard InChI is InChI=1S/C12H24N2O/c1-5-7-12(13)8-14(9-12)10(15)11(3,4)6-2/h5-9,13H2,1-4H3. The summed E-state index contributed by atoms with van der Waals surface area (Å²) in [5.74, 6) is 0.252. The fourth-order valence-corrected chi connectivity index (χ4v) is 2.09. The first-order valence-electron chi connectivity index (χ1n) is 5.93. The lowest BCUT2D eigenvalue weighted by molar-refractivity contribution is -0.148. The van der Waals surface area contributed by atoms with Crippen LogP contribution >= 0.6 is 0 Å². The molecular formula is C12H24N2O.